The Morgan fingerprint density at radius 1 is 1.00 bits per heavy atom. The molecule has 0 radical (unpaired) electrons. The minimum Gasteiger partial charge on any atom is -0.508 e. The van der Waals surface area contributed by atoms with Gasteiger partial charge in [-0.2, -0.15) is 0 Å². The molecular weight excluding hydrogens is 246 g/mol. The third-order valence-corrected chi connectivity index (χ3v) is 3.51. The molecule has 2 N–H and O–H groups in total. The second kappa shape index (κ2) is 7.71. The van der Waals surface area contributed by atoms with Crippen molar-refractivity contribution in [3.8, 4) is 5.75 Å². The number of aryl methyl sites for hydroxylation is 1. The Labute approximate surface area is 121 Å². The lowest BCUT2D eigenvalue weighted by Crippen LogP contribution is -2.31. The predicted octanol–water partition coefficient (Wildman–Crippen LogP) is 3.55. The Balaban J connectivity index is 1.93. The van der Waals surface area contributed by atoms with Gasteiger partial charge in [0.15, 0.2) is 0 Å². The van der Waals surface area contributed by atoms with Gasteiger partial charge in [-0.15, -0.1) is 0 Å². The summed E-state index contributed by atoms with van der Waals surface area (Å²) in [5, 5.41) is 13.1. The van der Waals surface area contributed by atoms with Crippen LogP contribution in [0.1, 0.15) is 24.5 Å². The lowest BCUT2D eigenvalue weighted by molar-refractivity contribution is 0.469. The van der Waals surface area contributed by atoms with E-state index in [1.54, 1.807) is 6.07 Å². The van der Waals surface area contributed by atoms with Crippen LogP contribution in [0, 0.1) is 0 Å². The summed E-state index contributed by atoms with van der Waals surface area (Å²) in [4.78, 5) is 0. The van der Waals surface area contributed by atoms with Crippen molar-refractivity contribution in [1.29, 1.82) is 0 Å². The number of phenols is 1. The quantitative estimate of drug-likeness (QED) is 0.805. The molecule has 0 spiro atoms. The average molecular weight is 269 g/mol. The van der Waals surface area contributed by atoms with Crippen LogP contribution < -0.4 is 5.32 Å². The van der Waals surface area contributed by atoms with Crippen LogP contribution >= 0.6 is 0 Å². The monoisotopic (exact) mass is 269 g/mol. The van der Waals surface area contributed by atoms with E-state index in [1.165, 1.54) is 11.1 Å². The first kappa shape index (κ1) is 14.6. The highest BCUT2D eigenvalue weighted by Gasteiger charge is 2.09. The highest BCUT2D eigenvalue weighted by molar-refractivity contribution is 5.27. The molecule has 2 rings (SSSR count). The van der Waals surface area contributed by atoms with E-state index in [2.05, 4.69) is 48.6 Å². The van der Waals surface area contributed by atoms with Gasteiger partial charge in [-0.25, -0.2) is 0 Å². The van der Waals surface area contributed by atoms with E-state index in [-0.39, 0.29) is 0 Å². The zero-order chi connectivity index (χ0) is 14.2. The van der Waals surface area contributed by atoms with Gasteiger partial charge in [0.05, 0.1) is 0 Å². The summed E-state index contributed by atoms with van der Waals surface area (Å²) in [6.45, 7) is 3.11. The Hall–Kier alpha value is -1.80. The zero-order valence-corrected chi connectivity index (χ0v) is 12.0. The van der Waals surface area contributed by atoms with E-state index in [0.717, 1.165) is 25.8 Å². The van der Waals surface area contributed by atoms with Crippen LogP contribution in [0.3, 0.4) is 0 Å². The van der Waals surface area contributed by atoms with Crippen molar-refractivity contribution in [3.63, 3.8) is 0 Å². The Morgan fingerprint density at radius 3 is 2.45 bits per heavy atom. The first-order chi connectivity index (χ1) is 9.78. The highest BCUT2D eigenvalue weighted by atomic mass is 16.3. The van der Waals surface area contributed by atoms with E-state index >= 15 is 0 Å². The van der Waals surface area contributed by atoms with Gasteiger partial charge in [-0.05, 0) is 49.1 Å². The van der Waals surface area contributed by atoms with Gasteiger partial charge in [0.1, 0.15) is 5.75 Å². The zero-order valence-electron chi connectivity index (χ0n) is 12.0. The molecule has 0 bridgehead atoms. The molecule has 0 saturated heterocycles. The molecule has 0 saturated carbocycles. The Bertz CT molecular complexity index is 510. The summed E-state index contributed by atoms with van der Waals surface area (Å²) >= 11 is 0. The molecule has 2 aromatic carbocycles. The average Bonchev–Trinajstić information content (AvgIpc) is 2.46. The molecule has 2 heteroatoms. The van der Waals surface area contributed by atoms with Gasteiger partial charge < -0.3 is 10.4 Å². The summed E-state index contributed by atoms with van der Waals surface area (Å²) in [5.41, 5.74) is 2.57. The summed E-state index contributed by atoms with van der Waals surface area (Å²) in [6.07, 6.45) is 3.14. The van der Waals surface area contributed by atoms with E-state index in [9.17, 15) is 5.11 Å². The smallest absolute Gasteiger partial charge is 0.115 e. The van der Waals surface area contributed by atoms with Crippen molar-refractivity contribution in [1.82, 2.24) is 5.32 Å². The van der Waals surface area contributed by atoms with Crippen LogP contribution in [0.15, 0.2) is 54.6 Å². The molecule has 0 fully saturated rings. The molecule has 1 atom stereocenters. The molecule has 106 valence electrons. The second-order valence-electron chi connectivity index (χ2n) is 5.15. The fourth-order valence-electron chi connectivity index (χ4n) is 2.52. The largest absolute Gasteiger partial charge is 0.508 e. The van der Waals surface area contributed by atoms with Crippen molar-refractivity contribution in [2.45, 2.75) is 32.2 Å². The Morgan fingerprint density at radius 2 is 1.75 bits per heavy atom. The SMILES string of the molecule is CCNC(CCc1ccccc1)Cc1cccc(O)c1. The molecule has 2 nitrogen and oxygen atoms in total. The number of rotatable bonds is 7. The molecule has 0 aliphatic carbocycles. The van der Waals surface area contributed by atoms with Crippen LogP contribution in [0.4, 0.5) is 0 Å². The topological polar surface area (TPSA) is 32.3 Å². The number of likely N-dealkylation sites (N-methyl/N-ethyl adjacent to an activating group) is 1. The fraction of sp³-hybridized carbons (Fsp3) is 0.333. The van der Waals surface area contributed by atoms with Crippen LogP contribution in [0.5, 0.6) is 5.75 Å². The lowest BCUT2D eigenvalue weighted by atomic mass is 9.99. The van der Waals surface area contributed by atoms with Gasteiger partial charge in [0.2, 0.25) is 0 Å². The maximum Gasteiger partial charge on any atom is 0.115 e. The maximum absolute atomic E-state index is 9.54. The third kappa shape index (κ3) is 4.71. The molecular formula is C18H23NO. The van der Waals surface area contributed by atoms with E-state index in [1.807, 2.05) is 12.1 Å². The number of phenolic OH excluding ortho intramolecular Hbond substituents is 1. The number of nitrogens with one attached hydrogen (secondary N) is 1. The summed E-state index contributed by atoms with van der Waals surface area (Å²) < 4.78 is 0. The van der Waals surface area contributed by atoms with Crippen LogP contribution in [0.25, 0.3) is 0 Å². The second-order valence-corrected chi connectivity index (χ2v) is 5.15. The van der Waals surface area contributed by atoms with Crippen molar-refractivity contribution in [2.24, 2.45) is 0 Å². The first-order valence-electron chi connectivity index (χ1n) is 7.33. The molecule has 0 heterocycles. The number of benzene rings is 2. The predicted molar refractivity (Wildman–Crippen MR) is 84.0 cm³/mol. The van der Waals surface area contributed by atoms with Crippen LogP contribution in [-0.4, -0.2) is 17.7 Å². The van der Waals surface area contributed by atoms with Crippen molar-refractivity contribution in [3.05, 3.63) is 65.7 Å². The van der Waals surface area contributed by atoms with Crippen molar-refractivity contribution in [2.75, 3.05) is 6.54 Å². The lowest BCUT2D eigenvalue weighted by Gasteiger charge is -2.18. The molecule has 1 unspecified atom stereocenters. The molecule has 0 aliphatic heterocycles. The number of hydrogen-bond acceptors (Lipinski definition) is 2. The van der Waals surface area contributed by atoms with Gasteiger partial charge in [-0.1, -0.05) is 49.4 Å². The Kier molecular flexibility index (Phi) is 5.63. The molecule has 0 amide bonds. The first-order valence-corrected chi connectivity index (χ1v) is 7.33. The van der Waals surface area contributed by atoms with Crippen LogP contribution in [0.2, 0.25) is 0 Å². The van der Waals surface area contributed by atoms with E-state index in [4.69, 9.17) is 0 Å². The normalized spacial score (nSPS) is 12.2. The van der Waals surface area contributed by atoms with E-state index < -0.39 is 0 Å². The number of aromatic hydroxyl groups is 1. The van der Waals surface area contributed by atoms with Gasteiger partial charge >= 0.3 is 0 Å². The van der Waals surface area contributed by atoms with Crippen molar-refractivity contribution >= 4 is 0 Å². The van der Waals surface area contributed by atoms with Crippen LogP contribution in [-0.2, 0) is 12.8 Å². The summed E-state index contributed by atoms with van der Waals surface area (Å²) in [5.74, 6) is 0.348. The molecule has 20 heavy (non-hydrogen) atoms. The van der Waals surface area contributed by atoms with Gasteiger partial charge in [-0.3, -0.25) is 0 Å². The number of hydrogen-bond donors (Lipinski definition) is 2. The molecule has 2 aromatic rings. The molecule has 0 aliphatic rings. The third-order valence-electron chi connectivity index (χ3n) is 3.51. The molecule has 0 aromatic heterocycles. The van der Waals surface area contributed by atoms with E-state index in [0.29, 0.717) is 11.8 Å². The van der Waals surface area contributed by atoms with Crippen molar-refractivity contribution < 1.29 is 5.11 Å². The summed E-state index contributed by atoms with van der Waals surface area (Å²) in [7, 11) is 0. The standard InChI is InChI=1S/C18H23NO/c1-2-19-17(12-11-15-7-4-3-5-8-15)13-16-9-6-10-18(20)14-16/h3-10,14,17,19-20H,2,11-13H2,1H3. The minimum atomic E-state index is 0.348. The van der Waals surface area contributed by atoms with Gasteiger partial charge in [0.25, 0.3) is 0 Å². The van der Waals surface area contributed by atoms with Gasteiger partial charge in [0, 0.05) is 6.04 Å². The minimum absolute atomic E-state index is 0.348. The highest BCUT2D eigenvalue weighted by Crippen LogP contribution is 2.15. The summed E-state index contributed by atoms with van der Waals surface area (Å²) in [6, 6.07) is 18.6. The maximum atomic E-state index is 9.54. The fourth-order valence-corrected chi connectivity index (χ4v) is 2.52.